The Bertz CT molecular complexity index is 646. The molecule has 2 aromatic rings. The molecule has 0 saturated heterocycles. The van der Waals surface area contributed by atoms with E-state index < -0.39 is 0 Å². The highest BCUT2D eigenvalue weighted by Gasteiger charge is 2.28. The molecule has 110 valence electrons. The Hall–Kier alpha value is -1.68. The maximum absolute atomic E-state index is 12.0. The molecule has 0 spiro atoms. The summed E-state index contributed by atoms with van der Waals surface area (Å²) in [5, 5.41) is 6.04. The maximum atomic E-state index is 12.0. The van der Waals surface area contributed by atoms with Crippen LogP contribution in [0.15, 0.2) is 29.6 Å². The quantitative estimate of drug-likeness (QED) is 0.917. The first-order valence-corrected chi connectivity index (χ1v) is 8.30. The van der Waals surface area contributed by atoms with Crippen molar-refractivity contribution in [2.45, 2.75) is 39.2 Å². The van der Waals surface area contributed by atoms with Crippen LogP contribution < -0.4 is 5.32 Å². The first-order valence-electron chi connectivity index (χ1n) is 7.42. The lowest BCUT2D eigenvalue weighted by Gasteiger charge is -2.11. The number of rotatable bonds is 5. The third-order valence-electron chi connectivity index (χ3n) is 3.88. The summed E-state index contributed by atoms with van der Waals surface area (Å²) in [5.74, 6) is 0.766. The molecule has 1 aliphatic carbocycles. The van der Waals surface area contributed by atoms with Crippen molar-refractivity contribution >= 4 is 17.2 Å². The topological polar surface area (TPSA) is 42.0 Å². The number of amides is 1. The van der Waals surface area contributed by atoms with Crippen LogP contribution in [0.2, 0.25) is 0 Å². The molecular formula is C17H20N2OS. The van der Waals surface area contributed by atoms with Crippen molar-refractivity contribution in [3.8, 4) is 10.6 Å². The van der Waals surface area contributed by atoms with Gasteiger partial charge in [-0.15, -0.1) is 11.3 Å². The second-order valence-electron chi connectivity index (χ2n) is 5.88. The standard InChI is InChI=1S/C17H20N2OS/c1-11-4-3-5-14(8-11)17-19-15(10-21-17)9-16(20)18-12(2)13-6-7-13/h3-5,8,10,12-13H,6-7,9H2,1-2H3,(H,18,20). The Morgan fingerprint density at radius 1 is 1.48 bits per heavy atom. The van der Waals surface area contributed by atoms with Crippen molar-refractivity contribution in [1.29, 1.82) is 0 Å². The number of hydrogen-bond acceptors (Lipinski definition) is 3. The number of nitrogens with zero attached hydrogens (tertiary/aromatic N) is 1. The molecule has 4 heteroatoms. The lowest BCUT2D eigenvalue weighted by molar-refractivity contribution is -0.121. The van der Waals surface area contributed by atoms with Crippen molar-refractivity contribution in [3.05, 3.63) is 40.9 Å². The second-order valence-corrected chi connectivity index (χ2v) is 6.74. The van der Waals surface area contributed by atoms with E-state index >= 15 is 0 Å². The fourth-order valence-corrected chi connectivity index (χ4v) is 3.30. The van der Waals surface area contributed by atoms with E-state index in [2.05, 4.69) is 42.3 Å². The molecule has 21 heavy (non-hydrogen) atoms. The zero-order chi connectivity index (χ0) is 14.8. The van der Waals surface area contributed by atoms with Crippen molar-refractivity contribution in [2.75, 3.05) is 0 Å². The largest absolute Gasteiger partial charge is 0.353 e. The van der Waals surface area contributed by atoms with Gasteiger partial charge in [-0.2, -0.15) is 0 Å². The van der Waals surface area contributed by atoms with Gasteiger partial charge in [0.15, 0.2) is 0 Å². The Kier molecular flexibility index (Phi) is 4.06. The van der Waals surface area contributed by atoms with E-state index in [-0.39, 0.29) is 5.91 Å². The minimum Gasteiger partial charge on any atom is -0.353 e. The molecule has 1 atom stereocenters. The average Bonchev–Trinajstić information content (AvgIpc) is 3.19. The monoisotopic (exact) mass is 300 g/mol. The highest BCUT2D eigenvalue weighted by atomic mass is 32.1. The molecule has 1 fully saturated rings. The molecular weight excluding hydrogens is 280 g/mol. The van der Waals surface area contributed by atoms with Crippen LogP contribution in [0.5, 0.6) is 0 Å². The summed E-state index contributed by atoms with van der Waals surface area (Å²) < 4.78 is 0. The van der Waals surface area contributed by atoms with E-state index in [4.69, 9.17) is 0 Å². The van der Waals surface area contributed by atoms with Crippen molar-refractivity contribution < 1.29 is 4.79 Å². The third-order valence-corrected chi connectivity index (χ3v) is 4.82. The van der Waals surface area contributed by atoms with Crippen LogP contribution in [0.3, 0.4) is 0 Å². The summed E-state index contributed by atoms with van der Waals surface area (Å²) in [5.41, 5.74) is 3.20. The SMILES string of the molecule is Cc1cccc(-c2nc(CC(=O)NC(C)C3CC3)cs2)c1. The van der Waals surface area contributed by atoms with Gasteiger partial charge in [0.2, 0.25) is 5.91 Å². The number of hydrogen-bond donors (Lipinski definition) is 1. The van der Waals surface area contributed by atoms with Crippen LogP contribution >= 0.6 is 11.3 Å². The molecule has 0 aliphatic heterocycles. The number of benzene rings is 1. The van der Waals surface area contributed by atoms with Gasteiger partial charge in [0, 0.05) is 17.0 Å². The van der Waals surface area contributed by atoms with Crippen molar-refractivity contribution in [2.24, 2.45) is 5.92 Å². The van der Waals surface area contributed by atoms with Gasteiger partial charge >= 0.3 is 0 Å². The molecule has 1 N–H and O–H groups in total. The first-order chi connectivity index (χ1) is 10.1. The summed E-state index contributed by atoms with van der Waals surface area (Å²) in [6, 6.07) is 8.59. The van der Waals surface area contributed by atoms with Gasteiger partial charge in [-0.3, -0.25) is 4.79 Å². The molecule has 3 rings (SSSR count). The van der Waals surface area contributed by atoms with Gasteiger partial charge in [-0.1, -0.05) is 23.8 Å². The van der Waals surface area contributed by atoms with E-state index in [0.717, 1.165) is 16.3 Å². The molecule has 0 radical (unpaired) electrons. The Morgan fingerprint density at radius 3 is 3.00 bits per heavy atom. The number of carbonyl (C=O) groups excluding carboxylic acids is 1. The molecule has 0 bridgehead atoms. The summed E-state index contributed by atoms with van der Waals surface area (Å²) >= 11 is 1.60. The summed E-state index contributed by atoms with van der Waals surface area (Å²) in [4.78, 5) is 16.6. The minimum atomic E-state index is 0.0792. The van der Waals surface area contributed by atoms with E-state index in [1.54, 1.807) is 11.3 Å². The zero-order valence-corrected chi connectivity index (χ0v) is 13.2. The minimum absolute atomic E-state index is 0.0792. The average molecular weight is 300 g/mol. The van der Waals surface area contributed by atoms with Gasteiger partial charge in [-0.05, 0) is 38.7 Å². The van der Waals surface area contributed by atoms with Crippen molar-refractivity contribution in [3.63, 3.8) is 0 Å². The van der Waals surface area contributed by atoms with Gasteiger partial charge in [-0.25, -0.2) is 4.98 Å². The van der Waals surface area contributed by atoms with Gasteiger partial charge < -0.3 is 5.32 Å². The number of aromatic nitrogens is 1. The maximum Gasteiger partial charge on any atom is 0.226 e. The Balaban J connectivity index is 1.63. The van der Waals surface area contributed by atoms with Crippen LogP contribution in [0, 0.1) is 12.8 Å². The van der Waals surface area contributed by atoms with E-state index in [1.165, 1.54) is 18.4 Å². The number of carbonyl (C=O) groups is 1. The molecule has 3 nitrogen and oxygen atoms in total. The molecule has 1 amide bonds. The lowest BCUT2D eigenvalue weighted by Crippen LogP contribution is -2.35. The van der Waals surface area contributed by atoms with Crippen LogP contribution in [0.1, 0.15) is 31.0 Å². The zero-order valence-electron chi connectivity index (χ0n) is 12.4. The molecule has 1 heterocycles. The predicted octanol–water partition coefficient (Wildman–Crippen LogP) is 3.58. The molecule has 1 saturated carbocycles. The molecule has 1 aromatic heterocycles. The Morgan fingerprint density at radius 2 is 2.29 bits per heavy atom. The predicted molar refractivity (Wildman–Crippen MR) is 86.3 cm³/mol. The first kappa shape index (κ1) is 14.3. The van der Waals surface area contributed by atoms with Crippen LogP contribution in [-0.4, -0.2) is 16.9 Å². The van der Waals surface area contributed by atoms with Crippen LogP contribution in [0.25, 0.3) is 10.6 Å². The molecule has 1 unspecified atom stereocenters. The van der Waals surface area contributed by atoms with E-state index in [1.807, 2.05) is 11.4 Å². The lowest BCUT2D eigenvalue weighted by atomic mass is 10.1. The third kappa shape index (κ3) is 3.70. The van der Waals surface area contributed by atoms with Gasteiger partial charge in [0.25, 0.3) is 0 Å². The van der Waals surface area contributed by atoms with Gasteiger partial charge in [0.1, 0.15) is 5.01 Å². The van der Waals surface area contributed by atoms with Gasteiger partial charge in [0.05, 0.1) is 12.1 Å². The van der Waals surface area contributed by atoms with E-state index in [9.17, 15) is 4.79 Å². The number of aryl methyl sites for hydroxylation is 1. The van der Waals surface area contributed by atoms with Crippen LogP contribution in [-0.2, 0) is 11.2 Å². The summed E-state index contributed by atoms with van der Waals surface area (Å²) in [7, 11) is 0. The highest BCUT2D eigenvalue weighted by molar-refractivity contribution is 7.13. The fourth-order valence-electron chi connectivity index (χ4n) is 2.48. The fraction of sp³-hybridized carbons (Fsp3) is 0.412. The summed E-state index contributed by atoms with van der Waals surface area (Å²) in [6.07, 6.45) is 2.87. The molecule has 1 aromatic carbocycles. The molecule has 1 aliphatic rings. The number of thiazole rings is 1. The summed E-state index contributed by atoms with van der Waals surface area (Å²) in [6.45, 7) is 4.17. The van der Waals surface area contributed by atoms with Crippen molar-refractivity contribution in [1.82, 2.24) is 10.3 Å². The highest BCUT2D eigenvalue weighted by Crippen LogP contribution is 2.32. The second kappa shape index (κ2) is 5.98. The van der Waals surface area contributed by atoms with Crippen LogP contribution in [0.4, 0.5) is 0 Å². The van der Waals surface area contributed by atoms with E-state index in [0.29, 0.717) is 18.4 Å². The normalized spacial score (nSPS) is 15.7. The number of nitrogens with one attached hydrogen (secondary N) is 1. The Labute approximate surface area is 129 Å². The smallest absolute Gasteiger partial charge is 0.226 e.